The van der Waals surface area contributed by atoms with Gasteiger partial charge in [0.2, 0.25) is 5.82 Å². The highest BCUT2D eigenvalue weighted by Crippen LogP contribution is 2.29. The smallest absolute Gasteiger partial charge is 0.406 e. The molecule has 3 aromatic rings. The van der Waals surface area contributed by atoms with Crippen LogP contribution in [-0.2, 0) is 12.6 Å². The molecule has 0 saturated carbocycles. The zero-order chi connectivity index (χ0) is 19.7. The summed E-state index contributed by atoms with van der Waals surface area (Å²) in [6.45, 7) is 0. The lowest BCUT2D eigenvalue weighted by Crippen LogP contribution is -2.17. The molecule has 0 amide bonds. The lowest BCUT2D eigenvalue weighted by atomic mass is 10.0. The Labute approximate surface area is 148 Å². The summed E-state index contributed by atoms with van der Waals surface area (Å²) in [5, 5.41) is 3.29. The summed E-state index contributed by atoms with van der Waals surface area (Å²) in [6.07, 6.45) is -9.06. The predicted molar refractivity (Wildman–Crippen MR) is 80.7 cm³/mol. The molecule has 142 valence electrons. The average molecular weight is 388 g/mol. The number of aromatic nitrogens is 2. The first-order valence-corrected chi connectivity index (χ1v) is 7.45. The van der Waals surface area contributed by atoms with Crippen LogP contribution in [0.5, 0.6) is 5.75 Å². The largest absolute Gasteiger partial charge is 0.573 e. The van der Waals surface area contributed by atoms with Crippen LogP contribution in [0.1, 0.15) is 17.0 Å². The number of hydrogen-bond donors (Lipinski definition) is 0. The maximum Gasteiger partial charge on any atom is 0.573 e. The first-order valence-electron chi connectivity index (χ1n) is 7.45. The van der Waals surface area contributed by atoms with Crippen molar-refractivity contribution < 1.29 is 35.6 Å². The minimum atomic E-state index is -4.75. The molecule has 2 aromatic carbocycles. The van der Waals surface area contributed by atoms with E-state index < -0.39 is 18.4 Å². The quantitative estimate of drug-likeness (QED) is 0.573. The number of alkyl halides is 6. The zero-order valence-corrected chi connectivity index (χ0v) is 13.3. The topological polar surface area (TPSA) is 48.2 Å². The van der Waals surface area contributed by atoms with Crippen molar-refractivity contribution in [2.75, 3.05) is 0 Å². The standard InChI is InChI=1S/C17H10F6N2O2/c18-16(19,20)15-24-14(25-27-15)12-5-1-10(2-6-12)9-11-3-7-13(8-4-11)26-17(21,22)23/h1-8H,9H2. The number of hydrogen-bond acceptors (Lipinski definition) is 4. The molecular formula is C17H10F6N2O2. The number of rotatable bonds is 4. The molecule has 10 heteroatoms. The minimum absolute atomic E-state index is 0.192. The van der Waals surface area contributed by atoms with Crippen molar-refractivity contribution in [2.45, 2.75) is 19.0 Å². The number of ether oxygens (including phenoxy) is 1. The second kappa shape index (κ2) is 6.93. The van der Waals surface area contributed by atoms with Gasteiger partial charge in [0.05, 0.1) is 0 Å². The SMILES string of the molecule is FC(F)(F)Oc1ccc(Cc2ccc(-c3noc(C(F)(F)F)n3)cc2)cc1. The third-order valence-corrected chi connectivity index (χ3v) is 3.45. The van der Waals surface area contributed by atoms with Gasteiger partial charge in [0.1, 0.15) is 5.75 Å². The van der Waals surface area contributed by atoms with Crippen LogP contribution >= 0.6 is 0 Å². The van der Waals surface area contributed by atoms with Crippen molar-refractivity contribution in [3.05, 3.63) is 65.5 Å². The van der Waals surface area contributed by atoms with Crippen molar-refractivity contribution in [3.63, 3.8) is 0 Å². The van der Waals surface area contributed by atoms with E-state index in [2.05, 4.69) is 19.4 Å². The van der Waals surface area contributed by atoms with Crippen LogP contribution in [0.3, 0.4) is 0 Å². The predicted octanol–water partition coefficient (Wildman–Crippen LogP) is 5.24. The molecule has 0 bridgehead atoms. The fourth-order valence-electron chi connectivity index (χ4n) is 2.27. The van der Waals surface area contributed by atoms with Crippen LogP contribution < -0.4 is 4.74 Å². The van der Waals surface area contributed by atoms with Gasteiger partial charge in [0.15, 0.2) is 0 Å². The van der Waals surface area contributed by atoms with Gasteiger partial charge in [0, 0.05) is 5.56 Å². The Morgan fingerprint density at radius 1 is 0.815 bits per heavy atom. The Balaban J connectivity index is 1.68. The average Bonchev–Trinajstić information content (AvgIpc) is 3.06. The molecule has 4 nitrogen and oxygen atoms in total. The minimum Gasteiger partial charge on any atom is -0.406 e. The van der Waals surface area contributed by atoms with Crippen molar-refractivity contribution in [3.8, 4) is 17.1 Å². The van der Waals surface area contributed by atoms with Gasteiger partial charge < -0.3 is 9.26 Å². The molecular weight excluding hydrogens is 378 g/mol. The Bertz CT molecular complexity index is 899. The van der Waals surface area contributed by atoms with Gasteiger partial charge in [-0.1, -0.05) is 41.6 Å². The maximum absolute atomic E-state index is 12.5. The Morgan fingerprint density at radius 3 is 1.85 bits per heavy atom. The summed E-state index contributed by atoms with van der Waals surface area (Å²) < 4.78 is 81.8. The number of benzene rings is 2. The van der Waals surface area contributed by atoms with E-state index in [1.165, 1.54) is 36.4 Å². The van der Waals surface area contributed by atoms with Crippen molar-refractivity contribution in [1.82, 2.24) is 10.1 Å². The number of halogens is 6. The van der Waals surface area contributed by atoms with Crippen LogP contribution in [0.15, 0.2) is 53.1 Å². The molecule has 0 unspecified atom stereocenters. The Hall–Kier alpha value is -3.04. The van der Waals surface area contributed by atoms with Crippen LogP contribution in [0, 0.1) is 0 Å². The summed E-state index contributed by atoms with van der Waals surface area (Å²) in [6, 6.07) is 11.7. The van der Waals surface area contributed by atoms with Crippen LogP contribution in [0.4, 0.5) is 26.3 Å². The molecule has 0 saturated heterocycles. The van der Waals surface area contributed by atoms with E-state index in [0.717, 1.165) is 11.1 Å². The lowest BCUT2D eigenvalue weighted by molar-refractivity contribution is -0.274. The highest BCUT2D eigenvalue weighted by atomic mass is 19.4. The van der Waals surface area contributed by atoms with Gasteiger partial charge in [-0.25, -0.2) is 0 Å². The molecule has 1 aromatic heterocycles. The fraction of sp³-hybridized carbons (Fsp3) is 0.176. The van der Waals surface area contributed by atoms with E-state index in [9.17, 15) is 26.3 Å². The Kier molecular flexibility index (Phi) is 4.81. The summed E-state index contributed by atoms with van der Waals surface area (Å²) >= 11 is 0. The molecule has 0 atom stereocenters. The first-order chi connectivity index (χ1) is 12.6. The molecule has 0 radical (unpaired) electrons. The normalized spacial score (nSPS) is 12.2. The zero-order valence-electron chi connectivity index (χ0n) is 13.3. The van der Waals surface area contributed by atoms with Gasteiger partial charge in [-0.05, 0) is 29.7 Å². The van der Waals surface area contributed by atoms with E-state index in [0.29, 0.717) is 12.0 Å². The van der Waals surface area contributed by atoms with Crippen LogP contribution in [0.2, 0.25) is 0 Å². The second-order valence-corrected chi connectivity index (χ2v) is 5.49. The summed E-state index contributed by atoms with van der Waals surface area (Å²) in [5.41, 5.74) is 1.87. The highest BCUT2D eigenvalue weighted by molar-refractivity contribution is 5.55. The molecule has 1 heterocycles. The monoisotopic (exact) mass is 388 g/mol. The molecule has 3 rings (SSSR count). The number of nitrogens with zero attached hydrogens (tertiary/aromatic N) is 2. The van der Waals surface area contributed by atoms with E-state index in [1.54, 1.807) is 12.1 Å². The second-order valence-electron chi connectivity index (χ2n) is 5.49. The van der Waals surface area contributed by atoms with E-state index >= 15 is 0 Å². The molecule has 0 aliphatic carbocycles. The molecule has 0 aliphatic rings. The van der Waals surface area contributed by atoms with Crippen molar-refractivity contribution >= 4 is 0 Å². The fourth-order valence-corrected chi connectivity index (χ4v) is 2.27. The summed E-state index contributed by atoms with van der Waals surface area (Å²) in [7, 11) is 0. The maximum atomic E-state index is 12.5. The van der Waals surface area contributed by atoms with Gasteiger partial charge in [0.25, 0.3) is 0 Å². The summed E-state index contributed by atoms with van der Waals surface area (Å²) in [4.78, 5) is 3.30. The van der Waals surface area contributed by atoms with E-state index in [1.807, 2.05) is 0 Å². The lowest BCUT2D eigenvalue weighted by Gasteiger charge is -2.09. The van der Waals surface area contributed by atoms with Crippen molar-refractivity contribution in [1.29, 1.82) is 0 Å². The summed E-state index contributed by atoms with van der Waals surface area (Å²) in [5.74, 6) is -1.94. The Morgan fingerprint density at radius 2 is 1.37 bits per heavy atom. The third kappa shape index (κ3) is 4.99. The molecule has 27 heavy (non-hydrogen) atoms. The molecule has 0 spiro atoms. The van der Waals surface area contributed by atoms with Crippen molar-refractivity contribution in [2.24, 2.45) is 0 Å². The van der Waals surface area contributed by atoms with Gasteiger partial charge >= 0.3 is 18.4 Å². The van der Waals surface area contributed by atoms with E-state index in [4.69, 9.17) is 0 Å². The third-order valence-electron chi connectivity index (χ3n) is 3.45. The molecule has 0 N–H and O–H groups in total. The van der Waals surface area contributed by atoms with Gasteiger partial charge in [-0.2, -0.15) is 18.2 Å². The first kappa shape index (κ1) is 18.7. The molecule has 0 fully saturated rings. The van der Waals surface area contributed by atoms with Crippen LogP contribution in [-0.4, -0.2) is 16.5 Å². The van der Waals surface area contributed by atoms with Crippen LogP contribution in [0.25, 0.3) is 11.4 Å². The molecule has 0 aliphatic heterocycles. The highest BCUT2D eigenvalue weighted by Gasteiger charge is 2.38. The van der Waals surface area contributed by atoms with Gasteiger partial charge in [-0.15, -0.1) is 13.2 Å². The van der Waals surface area contributed by atoms with E-state index in [-0.39, 0.29) is 11.6 Å². The van der Waals surface area contributed by atoms with Gasteiger partial charge in [-0.3, -0.25) is 0 Å².